The SMILES string of the molecule is CCCNc1cccc(CN2Cc3ccccc3C2)n1. The Hall–Kier alpha value is -1.87. The molecule has 0 spiro atoms. The van der Waals surface area contributed by atoms with E-state index in [-0.39, 0.29) is 0 Å². The monoisotopic (exact) mass is 267 g/mol. The van der Waals surface area contributed by atoms with E-state index in [0.29, 0.717) is 0 Å². The van der Waals surface area contributed by atoms with E-state index in [1.165, 1.54) is 11.1 Å². The number of pyridine rings is 1. The minimum Gasteiger partial charge on any atom is -0.370 e. The average Bonchev–Trinajstić information content (AvgIpc) is 2.87. The number of hydrogen-bond acceptors (Lipinski definition) is 3. The van der Waals surface area contributed by atoms with Gasteiger partial charge in [-0.15, -0.1) is 0 Å². The van der Waals surface area contributed by atoms with Crippen LogP contribution in [0.2, 0.25) is 0 Å². The summed E-state index contributed by atoms with van der Waals surface area (Å²) in [6, 6.07) is 14.9. The minimum atomic E-state index is 0.913. The van der Waals surface area contributed by atoms with Crippen molar-refractivity contribution in [1.82, 2.24) is 9.88 Å². The van der Waals surface area contributed by atoms with E-state index in [1.807, 2.05) is 6.07 Å². The topological polar surface area (TPSA) is 28.2 Å². The van der Waals surface area contributed by atoms with E-state index in [1.54, 1.807) is 0 Å². The Morgan fingerprint density at radius 3 is 2.50 bits per heavy atom. The van der Waals surface area contributed by atoms with Gasteiger partial charge in [0.15, 0.2) is 0 Å². The van der Waals surface area contributed by atoms with Crippen LogP contribution < -0.4 is 5.32 Å². The molecule has 0 unspecified atom stereocenters. The summed E-state index contributed by atoms with van der Waals surface area (Å²) in [5.74, 6) is 0.987. The Morgan fingerprint density at radius 1 is 1.05 bits per heavy atom. The number of rotatable bonds is 5. The Kier molecular flexibility index (Phi) is 3.97. The second-order valence-corrected chi connectivity index (χ2v) is 5.35. The fraction of sp³-hybridized carbons (Fsp3) is 0.353. The molecule has 1 aliphatic heterocycles. The highest BCUT2D eigenvalue weighted by molar-refractivity contribution is 5.35. The third-order valence-electron chi connectivity index (χ3n) is 3.65. The lowest BCUT2D eigenvalue weighted by molar-refractivity contribution is 0.272. The first kappa shape index (κ1) is 13.1. The van der Waals surface area contributed by atoms with E-state index < -0.39 is 0 Å². The van der Waals surface area contributed by atoms with E-state index in [0.717, 1.165) is 44.1 Å². The molecule has 104 valence electrons. The smallest absolute Gasteiger partial charge is 0.126 e. The van der Waals surface area contributed by atoms with Gasteiger partial charge < -0.3 is 5.32 Å². The third kappa shape index (κ3) is 2.99. The van der Waals surface area contributed by atoms with Gasteiger partial charge in [-0.3, -0.25) is 4.90 Å². The van der Waals surface area contributed by atoms with Gasteiger partial charge in [0.2, 0.25) is 0 Å². The molecule has 0 fully saturated rings. The van der Waals surface area contributed by atoms with Crippen molar-refractivity contribution in [3.63, 3.8) is 0 Å². The number of aromatic nitrogens is 1. The minimum absolute atomic E-state index is 0.913. The van der Waals surface area contributed by atoms with E-state index >= 15 is 0 Å². The van der Waals surface area contributed by atoms with E-state index in [9.17, 15) is 0 Å². The maximum atomic E-state index is 4.68. The molecule has 0 amide bonds. The first-order valence-corrected chi connectivity index (χ1v) is 7.34. The number of fused-ring (bicyclic) bond motifs is 1. The number of anilines is 1. The standard InChI is InChI=1S/C17H21N3/c1-2-10-18-17-9-5-8-16(19-17)13-20-11-14-6-3-4-7-15(14)12-20/h3-9H,2,10-13H2,1H3,(H,18,19). The molecule has 3 rings (SSSR count). The molecule has 0 radical (unpaired) electrons. The normalized spacial score (nSPS) is 14.2. The van der Waals surface area contributed by atoms with Gasteiger partial charge in [0.1, 0.15) is 5.82 Å². The average molecular weight is 267 g/mol. The van der Waals surface area contributed by atoms with Gasteiger partial charge in [-0.25, -0.2) is 4.98 Å². The lowest BCUT2D eigenvalue weighted by Gasteiger charge is -2.15. The molecule has 3 nitrogen and oxygen atoms in total. The van der Waals surface area contributed by atoms with Crippen LogP contribution in [0.5, 0.6) is 0 Å². The molecule has 0 saturated heterocycles. The lowest BCUT2D eigenvalue weighted by atomic mass is 10.1. The Bertz CT molecular complexity index is 555. The quantitative estimate of drug-likeness (QED) is 0.899. The predicted molar refractivity (Wildman–Crippen MR) is 82.4 cm³/mol. The molecule has 1 N–H and O–H groups in total. The number of nitrogens with zero attached hydrogens (tertiary/aromatic N) is 2. The van der Waals surface area contributed by atoms with Crippen LogP contribution in [0.3, 0.4) is 0 Å². The van der Waals surface area contributed by atoms with Crippen LogP contribution in [-0.2, 0) is 19.6 Å². The van der Waals surface area contributed by atoms with Crippen molar-refractivity contribution in [1.29, 1.82) is 0 Å². The first-order valence-electron chi connectivity index (χ1n) is 7.34. The molecule has 0 atom stereocenters. The number of hydrogen-bond donors (Lipinski definition) is 1. The van der Waals surface area contributed by atoms with Crippen LogP contribution in [0.25, 0.3) is 0 Å². The van der Waals surface area contributed by atoms with E-state index in [2.05, 4.69) is 58.5 Å². The maximum absolute atomic E-state index is 4.68. The van der Waals surface area contributed by atoms with Gasteiger partial charge >= 0.3 is 0 Å². The molecule has 1 aromatic heterocycles. The first-order chi connectivity index (χ1) is 9.85. The highest BCUT2D eigenvalue weighted by Crippen LogP contribution is 2.23. The number of nitrogens with one attached hydrogen (secondary N) is 1. The van der Waals surface area contributed by atoms with Crippen LogP contribution >= 0.6 is 0 Å². The van der Waals surface area contributed by atoms with Crippen LogP contribution in [0.15, 0.2) is 42.5 Å². The summed E-state index contributed by atoms with van der Waals surface area (Å²) in [4.78, 5) is 7.12. The molecule has 2 aromatic rings. The van der Waals surface area contributed by atoms with Gasteiger partial charge in [-0.2, -0.15) is 0 Å². The maximum Gasteiger partial charge on any atom is 0.126 e. The summed E-state index contributed by atoms with van der Waals surface area (Å²) >= 11 is 0. The van der Waals surface area contributed by atoms with Crippen molar-refractivity contribution in [2.45, 2.75) is 33.0 Å². The molecule has 3 heteroatoms. The second kappa shape index (κ2) is 6.06. The zero-order valence-corrected chi connectivity index (χ0v) is 12.0. The van der Waals surface area contributed by atoms with Crippen molar-refractivity contribution >= 4 is 5.82 Å². The van der Waals surface area contributed by atoms with Crippen molar-refractivity contribution in [3.8, 4) is 0 Å². The molecular formula is C17H21N3. The van der Waals surface area contributed by atoms with Crippen molar-refractivity contribution in [2.75, 3.05) is 11.9 Å². The molecule has 2 heterocycles. The van der Waals surface area contributed by atoms with Gasteiger partial charge in [0, 0.05) is 26.2 Å². The highest BCUT2D eigenvalue weighted by atomic mass is 15.1. The molecule has 1 aromatic carbocycles. The predicted octanol–water partition coefficient (Wildman–Crippen LogP) is 3.42. The zero-order valence-electron chi connectivity index (χ0n) is 12.0. The summed E-state index contributed by atoms with van der Waals surface area (Å²) < 4.78 is 0. The summed E-state index contributed by atoms with van der Waals surface area (Å²) in [5, 5.41) is 3.35. The summed E-state index contributed by atoms with van der Waals surface area (Å²) in [7, 11) is 0. The van der Waals surface area contributed by atoms with Crippen LogP contribution in [-0.4, -0.2) is 16.4 Å². The van der Waals surface area contributed by atoms with Gasteiger partial charge in [0.05, 0.1) is 5.69 Å². The fourth-order valence-corrected chi connectivity index (χ4v) is 2.66. The summed E-state index contributed by atoms with van der Waals surface area (Å²) in [5.41, 5.74) is 4.04. The fourth-order valence-electron chi connectivity index (χ4n) is 2.66. The molecular weight excluding hydrogens is 246 g/mol. The highest BCUT2D eigenvalue weighted by Gasteiger charge is 2.18. The molecule has 0 aliphatic carbocycles. The lowest BCUT2D eigenvalue weighted by Crippen LogP contribution is -2.17. The third-order valence-corrected chi connectivity index (χ3v) is 3.65. The van der Waals surface area contributed by atoms with Crippen molar-refractivity contribution < 1.29 is 0 Å². The largest absolute Gasteiger partial charge is 0.370 e. The molecule has 1 aliphatic rings. The van der Waals surface area contributed by atoms with Crippen molar-refractivity contribution in [3.05, 3.63) is 59.3 Å². The molecule has 0 saturated carbocycles. The Labute approximate surface area is 120 Å². The van der Waals surface area contributed by atoms with Gasteiger partial charge in [-0.05, 0) is 29.7 Å². The summed E-state index contributed by atoms with van der Waals surface area (Å²) in [6.07, 6.45) is 1.12. The molecule has 20 heavy (non-hydrogen) atoms. The molecule has 0 bridgehead atoms. The zero-order chi connectivity index (χ0) is 13.8. The Balaban J connectivity index is 1.64. The van der Waals surface area contributed by atoms with Crippen molar-refractivity contribution in [2.24, 2.45) is 0 Å². The number of benzene rings is 1. The van der Waals surface area contributed by atoms with Crippen LogP contribution in [0.4, 0.5) is 5.82 Å². The van der Waals surface area contributed by atoms with E-state index in [4.69, 9.17) is 0 Å². The Morgan fingerprint density at radius 2 is 1.80 bits per heavy atom. The van der Waals surface area contributed by atoms with Gasteiger partial charge in [-0.1, -0.05) is 37.3 Å². The second-order valence-electron chi connectivity index (χ2n) is 5.35. The van der Waals surface area contributed by atoms with Crippen LogP contribution in [0.1, 0.15) is 30.2 Å². The van der Waals surface area contributed by atoms with Crippen LogP contribution in [0, 0.1) is 0 Å². The summed E-state index contributed by atoms with van der Waals surface area (Å²) in [6.45, 7) is 6.12. The van der Waals surface area contributed by atoms with Gasteiger partial charge in [0.25, 0.3) is 0 Å².